The molecule has 6 aromatic rings. The lowest BCUT2D eigenvalue weighted by molar-refractivity contribution is 0.443. The summed E-state index contributed by atoms with van der Waals surface area (Å²) in [6.45, 7) is 17.4. The van der Waals surface area contributed by atoms with Crippen LogP contribution >= 0.6 is 7.26 Å². The minimum absolute atomic E-state index is 0.180. The van der Waals surface area contributed by atoms with Crippen molar-refractivity contribution < 1.29 is 0 Å². The molecular weight excluding hydrogens is 710 g/mol. The van der Waals surface area contributed by atoms with Crippen LogP contribution in [-0.2, 0) is 6.54 Å². The van der Waals surface area contributed by atoms with Crippen molar-refractivity contribution in [3.8, 4) is 11.1 Å². The zero-order valence-corrected chi connectivity index (χ0v) is 36.2. The zero-order valence-electron chi connectivity index (χ0n) is 35.3. The van der Waals surface area contributed by atoms with Gasteiger partial charge in [0.2, 0.25) is 0 Å². The molecule has 0 saturated heterocycles. The molecule has 0 saturated carbocycles. The molecule has 0 radical (unpaired) electrons. The summed E-state index contributed by atoms with van der Waals surface area (Å²) in [6.07, 6.45) is 5.89. The van der Waals surface area contributed by atoms with Gasteiger partial charge in [-0.1, -0.05) is 151 Å². The van der Waals surface area contributed by atoms with Gasteiger partial charge >= 0.3 is 0 Å². The van der Waals surface area contributed by atoms with Crippen molar-refractivity contribution in [3.63, 3.8) is 0 Å². The number of benzene rings is 6. The van der Waals surface area contributed by atoms with Crippen LogP contribution in [0.25, 0.3) is 11.1 Å². The number of nitrogens with zero attached hydrogens (tertiary/aromatic N) is 1. The summed E-state index contributed by atoms with van der Waals surface area (Å²) < 4.78 is 0. The van der Waals surface area contributed by atoms with Crippen molar-refractivity contribution in [2.24, 2.45) is 10.8 Å². The molecule has 0 aliphatic heterocycles. The maximum Gasteiger partial charge on any atom is 0.112 e. The van der Waals surface area contributed by atoms with Crippen molar-refractivity contribution in [2.45, 2.75) is 73.8 Å². The fourth-order valence-corrected chi connectivity index (χ4v) is 12.0. The van der Waals surface area contributed by atoms with E-state index >= 15 is 0 Å². The van der Waals surface area contributed by atoms with Gasteiger partial charge in [-0.05, 0) is 102 Å². The first kappa shape index (κ1) is 41.8. The van der Waals surface area contributed by atoms with E-state index in [-0.39, 0.29) is 10.8 Å². The number of rotatable bonds is 18. The molecule has 0 aliphatic rings. The lowest BCUT2D eigenvalue weighted by Gasteiger charge is -2.29. The SMILES string of the molecule is CC(C)(C)CNc1ccc(-c2ccc(NCC(C)(C)C)cc2N(CCCCCC[P+](c2ccccc2)(c2ccccc2)c2ccccc2)Cc2ccccc2)cc1. The molecule has 4 heteroatoms. The van der Waals surface area contributed by atoms with Crippen LogP contribution in [0.15, 0.2) is 164 Å². The van der Waals surface area contributed by atoms with Gasteiger partial charge in [0.25, 0.3) is 0 Å². The molecule has 6 aromatic carbocycles. The van der Waals surface area contributed by atoms with Crippen LogP contribution in [-0.4, -0.2) is 25.8 Å². The summed E-state index contributed by atoms with van der Waals surface area (Å²) in [4.78, 5) is 2.63. The lowest BCUT2D eigenvalue weighted by atomic mass is 9.96. The Morgan fingerprint density at radius 2 is 0.930 bits per heavy atom. The molecule has 0 amide bonds. The lowest BCUT2D eigenvalue weighted by Crippen LogP contribution is -2.33. The van der Waals surface area contributed by atoms with Gasteiger partial charge in [-0.25, -0.2) is 0 Å². The van der Waals surface area contributed by atoms with Crippen LogP contribution in [0.4, 0.5) is 17.1 Å². The summed E-state index contributed by atoms with van der Waals surface area (Å²) in [5, 5.41) is 11.8. The molecule has 6 rings (SSSR count). The number of unbranched alkanes of at least 4 members (excludes halogenated alkanes) is 3. The third-order valence-corrected chi connectivity index (χ3v) is 15.2. The number of hydrogen-bond acceptors (Lipinski definition) is 3. The van der Waals surface area contributed by atoms with E-state index in [9.17, 15) is 0 Å². The summed E-state index contributed by atoms with van der Waals surface area (Å²) in [6, 6.07) is 61.0. The second-order valence-electron chi connectivity index (χ2n) is 18.0. The summed E-state index contributed by atoms with van der Waals surface area (Å²) in [7, 11) is -1.82. The van der Waals surface area contributed by atoms with Crippen LogP contribution in [0, 0.1) is 10.8 Å². The maximum atomic E-state index is 3.77. The van der Waals surface area contributed by atoms with E-state index in [4.69, 9.17) is 0 Å². The highest BCUT2D eigenvalue weighted by Crippen LogP contribution is 2.56. The van der Waals surface area contributed by atoms with Crippen LogP contribution in [0.5, 0.6) is 0 Å². The Morgan fingerprint density at radius 3 is 1.44 bits per heavy atom. The fourth-order valence-electron chi connectivity index (χ4n) is 7.63. The quantitative estimate of drug-likeness (QED) is 0.0673. The molecule has 0 unspecified atom stereocenters. The monoisotopic (exact) mass is 774 g/mol. The van der Waals surface area contributed by atoms with Gasteiger partial charge in [-0.2, -0.15) is 0 Å². The van der Waals surface area contributed by atoms with E-state index in [2.05, 4.69) is 221 Å². The summed E-state index contributed by atoms with van der Waals surface area (Å²) >= 11 is 0. The average Bonchev–Trinajstić information content (AvgIpc) is 3.22. The van der Waals surface area contributed by atoms with Crippen molar-refractivity contribution >= 4 is 40.2 Å². The van der Waals surface area contributed by atoms with Crippen LogP contribution in [0.3, 0.4) is 0 Å². The first-order valence-electron chi connectivity index (χ1n) is 21.1. The Labute approximate surface area is 345 Å². The van der Waals surface area contributed by atoms with Gasteiger partial charge in [0.1, 0.15) is 23.2 Å². The Morgan fingerprint density at radius 1 is 0.474 bits per heavy atom. The highest BCUT2D eigenvalue weighted by atomic mass is 31.2. The van der Waals surface area contributed by atoms with E-state index in [1.165, 1.54) is 69.4 Å². The molecule has 3 nitrogen and oxygen atoms in total. The minimum Gasteiger partial charge on any atom is -0.385 e. The first-order chi connectivity index (χ1) is 27.5. The maximum absolute atomic E-state index is 3.77. The van der Waals surface area contributed by atoms with E-state index in [0.29, 0.717) is 0 Å². The Hall–Kier alpha value is -4.85. The summed E-state index contributed by atoms with van der Waals surface area (Å²) in [5.74, 6) is 0. The Bertz CT molecular complexity index is 1970. The van der Waals surface area contributed by atoms with E-state index < -0.39 is 7.26 Å². The topological polar surface area (TPSA) is 27.3 Å². The van der Waals surface area contributed by atoms with Crippen LogP contribution in [0.1, 0.15) is 72.8 Å². The van der Waals surface area contributed by atoms with Crippen molar-refractivity contribution in [1.29, 1.82) is 0 Å². The number of hydrogen-bond donors (Lipinski definition) is 2. The molecule has 0 fully saturated rings. The molecule has 57 heavy (non-hydrogen) atoms. The molecule has 0 aliphatic carbocycles. The third-order valence-electron chi connectivity index (χ3n) is 10.7. The Balaban J connectivity index is 1.24. The standard InChI is InChI=1S/C53H65N3P/c1-52(2,3)41-54-45-33-31-44(32-34-45)50-36-35-46(55-42-53(4,5)6)39-51(50)56(40-43-23-13-9-14-24-43)37-21-7-8-22-38-57(47-25-15-10-16-26-47,48-27-17-11-18-28-48)49-29-19-12-20-30-49/h9-20,23-36,39,54-55H,7-8,21-22,37-38,40-42H2,1-6H3/q+1. The highest BCUT2D eigenvalue weighted by Gasteiger charge is 2.44. The molecule has 0 aromatic heterocycles. The molecule has 0 heterocycles. The third kappa shape index (κ3) is 11.8. The predicted molar refractivity (Wildman–Crippen MR) is 254 cm³/mol. The van der Waals surface area contributed by atoms with Gasteiger partial charge in [-0.15, -0.1) is 0 Å². The normalized spacial score (nSPS) is 12.0. The number of nitrogens with one attached hydrogen (secondary N) is 2. The van der Waals surface area contributed by atoms with Gasteiger partial charge in [-0.3, -0.25) is 0 Å². The van der Waals surface area contributed by atoms with E-state index in [1.807, 2.05) is 0 Å². The second-order valence-corrected chi connectivity index (χ2v) is 21.6. The molecular formula is C53H65N3P+. The Kier molecular flexibility index (Phi) is 14.3. The van der Waals surface area contributed by atoms with E-state index in [1.54, 1.807) is 0 Å². The average molecular weight is 775 g/mol. The molecule has 0 bridgehead atoms. The van der Waals surface area contributed by atoms with Gasteiger partial charge in [0, 0.05) is 48.8 Å². The number of anilines is 3. The zero-order chi connectivity index (χ0) is 40.1. The van der Waals surface area contributed by atoms with Crippen molar-refractivity contribution in [2.75, 3.05) is 41.3 Å². The predicted octanol–water partition coefficient (Wildman–Crippen LogP) is 12.8. The fraction of sp³-hybridized carbons (Fsp3) is 0.321. The molecule has 296 valence electrons. The molecule has 2 N–H and O–H groups in total. The van der Waals surface area contributed by atoms with Gasteiger partial charge in [0.05, 0.1) is 6.16 Å². The smallest absolute Gasteiger partial charge is 0.112 e. The van der Waals surface area contributed by atoms with Crippen molar-refractivity contribution in [1.82, 2.24) is 0 Å². The second kappa shape index (κ2) is 19.5. The van der Waals surface area contributed by atoms with Gasteiger partial charge < -0.3 is 15.5 Å². The first-order valence-corrected chi connectivity index (χ1v) is 23.0. The van der Waals surface area contributed by atoms with E-state index in [0.717, 1.165) is 38.3 Å². The van der Waals surface area contributed by atoms with Crippen LogP contribution in [0.2, 0.25) is 0 Å². The molecule has 0 spiro atoms. The van der Waals surface area contributed by atoms with Gasteiger partial charge in [0.15, 0.2) is 0 Å². The molecule has 0 atom stereocenters. The largest absolute Gasteiger partial charge is 0.385 e. The van der Waals surface area contributed by atoms with Crippen LogP contribution < -0.4 is 31.4 Å². The summed E-state index contributed by atoms with van der Waals surface area (Å²) in [5.41, 5.74) is 7.88. The highest BCUT2D eigenvalue weighted by molar-refractivity contribution is 7.95. The van der Waals surface area contributed by atoms with Crippen molar-refractivity contribution in [3.05, 3.63) is 169 Å². The minimum atomic E-state index is -1.82.